The summed E-state index contributed by atoms with van der Waals surface area (Å²) in [5, 5.41) is 0.199. The maximum absolute atomic E-state index is 13.5. The fourth-order valence-electron chi connectivity index (χ4n) is 1.06. The van der Waals surface area contributed by atoms with Crippen molar-refractivity contribution in [2.45, 2.75) is 0 Å². The highest BCUT2D eigenvalue weighted by Gasteiger charge is 2.12. The monoisotopic (exact) mass is 380 g/mol. The Morgan fingerprint density at radius 1 is 1.24 bits per heavy atom. The quantitative estimate of drug-likeness (QED) is 0.713. The molecule has 0 saturated carbocycles. The summed E-state index contributed by atoms with van der Waals surface area (Å²) in [7, 11) is 0. The van der Waals surface area contributed by atoms with Crippen molar-refractivity contribution >= 4 is 43.5 Å². The minimum atomic E-state index is -0.491. The molecule has 0 aliphatic rings. The van der Waals surface area contributed by atoms with Gasteiger partial charge in [-0.25, -0.2) is 14.4 Å². The van der Waals surface area contributed by atoms with Crippen LogP contribution >= 0.6 is 43.5 Å². The third-order valence-corrected chi connectivity index (χ3v) is 3.54. The maximum Gasteiger partial charge on any atom is 0.238 e. The molecule has 0 saturated heterocycles. The molecule has 0 aliphatic carbocycles. The third kappa shape index (κ3) is 2.94. The molecule has 0 atom stereocenters. The van der Waals surface area contributed by atoms with Gasteiger partial charge in [-0.1, -0.05) is 27.5 Å². The first kappa shape index (κ1) is 12.7. The second-order valence-corrected chi connectivity index (χ2v) is 5.03. The Balaban J connectivity index is 2.38. The van der Waals surface area contributed by atoms with Gasteiger partial charge in [-0.2, -0.15) is 0 Å². The molecule has 1 heterocycles. The van der Waals surface area contributed by atoms with Crippen molar-refractivity contribution in [3.63, 3.8) is 0 Å². The van der Waals surface area contributed by atoms with Gasteiger partial charge in [0.15, 0.2) is 16.7 Å². The largest absolute Gasteiger partial charge is 0.435 e. The van der Waals surface area contributed by atoms with E-state index in [-0.39, 0.29) is 16.8 Å². The molecular weight excluding hydrogens is 378 g/mol. The normalized spacial score (nSPS) is 10.4. The molecule has 0 bridgehead atoms. The molecule has 88 valence electrons. The van der Waals surface area contributed by atoms with Gasteiger partial charge in [-0.15, -0.1) is 0 Å². The number of aromatic nitrogens is 2. The van der Waals surface area contributed by atoms with Gasteiger partial charge in [0.25, 0.3) is 0 Å². The second-order valence-electron chi connectivity index (χ2n) is 2.96. The first-order valence-corrected chi connectivity index (χ1v) is 6.33. The number of hydrogen-bond acceptors (Lipinski definition) is 3. The van der Waals surface area contributed by atoms with Gasteiger partial charge in [0, 0.05) is 4.47 Å². The van der Waals surface area contributed by atoms with Crippen LogP contribution in [0.25, 0.3) is 0 Å². The van der Waals surface area contributed by atoms with Gasteiger partial charge in [-0.05, 0) is 34.1 Å². The van der Waals surface area contributed by atoms with E-state index in [1.807, 2.05) is 0 Å². The Labute approximate surface area is 118 Å². The molecule has 1 aromatic carbocycles. The molecule has 0 fully saturated rings. The highest BCUT2D eigenvalue weighted by Crippen LogP contribution is 2.33. The first-order chi connectivity index (χ1) is 8.08. The van der Waals surface area contributed by atoms with Gasteiger partial charge in [0.1, 0.15) is 10.8 Å². The minimum Gasteiger partial charge on any atom is -0.435 e. The highest BCUT2D eigenvalue weighted by atomic mass is 79.9. The van der Waals surface area contributed by atoms with Gasteiger partial charge in [0.2, 0.25) is 5.88 Å². The van der Waals surface area contributed by atoms with Gasteiger partial charge >= 0.3 is 0 Å². The van der Waals surface area contributed by atoms with Crippen LogP contribution in [0.5, 0.6) is 11.6 Å². The second kappa shape index (κ2) is 5.29. The molecule has 0 spiro atoms. The van der Waals surface area contributed by atoms with Crippen LogP contribution in [-0.4, -0.2) is 9.97 Å². The summed E-state index contributed by atoms with van der Waals surface area (Å²) in [5.74, 6) is -0.285. The summed E-state index contributed by atoms with van der Waals surface area (Å²) in [5.41, 5.74) is 0. The Bertz CT molecular complexity index is 568. The van der Waals surface area contributed by atoms with Crippen molar-refractivity contribution in [1.82, 2.24) is 9.97 Å². The summed E-state index contributed by atoms with van der Waals surface area (Å²) in [4.78, 5) is 7.60. The molecule has 2 aromatic rings. The smallest absolute Gasteiger partial charge is 0.238 e. The van der Waals surface area contributed by atoms with Crippen molar-refractivity contribution in [2.75, 3.05) is 0 Å². The van der Waals surface area contributed by atoms with E-state index in [1.165, 1.54) is 18.5 Å². The van der Waals surface area contributed by atoms with E-state index in [4.69, 9.17) is 16.3 Å². The number of nitrogens with zero attached hydrogens (tertiary/aromatic N) is 2. The van der Waals surface area contributed by atoms with Crippen molar-refractivity contribution in [3.05, 3.63) is 44.4 Å². The summed E-state index contributed by atoms with van der Waals surface area (Å²) in [6.07, 6.45) is 1.23. The standard InChI is InChI=1S/C10H4Br2ClFN2O/c11-5-1-2-6(14)7(3-5)17-10-8(12)9(13)15-4-16-10/h1-4H. The summed E-state index contributed by atoms with van der Waals surface area (Å²) in [6, 6.07) is 4.36. The lowest BCUT2D eigenvalue weighted by molar-refractivity contribution is 0.423. The summed E-state index contributed by atoms with van der Waals surface area (Å²) >= 11 is 12.2. The Kier molecular flexibility index (Phi) is 3.96. The van der Waals surface area contributed by atoms with Crippen LogP contribution in [0.2, 0.25) is 5.15 Å². The number of halogens is 4. The molecule has 0 amide bonds. The zero-order valence-electron chi connectivity index (χ0n) is 8.12. The lowest BCUT2D eigenvalue weighted by Gasteiger charge is -2.07. The molecule has 0 aliphatic heterocycles. The fourth-order valence-corrected chi connectivity index (χ4v) is 1.81. The third-order valence-electron chi connectivity index (χ3n) is 1.81. The van der Waals surface area contributed by atoms with Crippen LogP contribution in [-0.2, 0) is 0 Å². The topological polar surface area (TPSA) is 35.0 Å². The maximum atomic E-state index is 13.5. The predicted molar refractivity (Wildman–Crippen MR) is 68.9 cm³/mol. The number of hydrogen-bond donors (Lipinski definition) is 0. The van der Waals surface area contributed by atoms with E-state index in [1.54, 1.807) is 6.07 Å². The number of rotatable bonds is 2. The zero-order valence-corrected chi connectivity index (χ0v) is 12.1. The molecule has 1 aromatic heterocycles. The Morgan fingerprint density at radius 3 is 2.76 bits per heavy atom. The van der Waals surface area contributed by atoms with E-state index in [9.17, 15) is 4.39 Å². The predicted octanol–water partition coefficient (Wildman–Crippen LogP) is 4.59. The summed E-state index contributed by atoms with van der Waals surface area (Å²) in [6.45, 7) is 0. The molecular formula is C10H4Br2ClFN2O. The molecule has 7 heteroatoms. The number of benzene rings is 1. The van der Waals surface area contributed by atoms with Crippen LogP contribution in [0.3, 0.4) is 0 Å². The van der Waals surface area contributed by atoms with Crippen molar-refractivity contribution in [2.24, 2.45) is 0 Å². The van der Waals surface area contributed by atoms with Gasteiger partial charge in [0.05, 0.1) is 0 Å². The van der Waals surface area contributed by atoms with Crippen molar-refractivity contribution in [3.8, 4) is 11.6 Å². The van der Waals surface area contributed by atoms with Crippen molar-refractivity contribution in [1.29, 1.82) is 0 Å². The summed E-state index contributed by atoms with van der Waals surface area (Å²) < 4.78 is 19.8. The minimum absolute atomic E-state index is 0.0508. The van der Waals surface area contributed by atoms with E-state index >= 15 is 0 Å². The fraction of sp³-hybridized carbons (Fsp3) is 0. The first-order valence-electron chi connectivity index (χ1n) is 4.37. The lowest BCUT2D eigenvalue weighted by Crippen LogP contribution is -1.93. The van der Waals surface area contributed by atoms with Gasteiger partial charge in [-0.3, -0.25) is 0 Å². The zero-order chi connectivity index (χ0) is 12.4. The van der Waals surface area contributed by atoms with Crippen molar-refractivity contribution < 1.29 is 9.13 Å². The molecule has 3 nitrogen and oxygen atoms in total. The molecule has 2 rings (SSSR count). The highest BCUT2D eigenvalue weighted by molar-refractivity contribution is 9.10. The van der Waals surface area contributed by atoms with Gasteiger partial charge < -0.3 is 4.74 Å². The van der Waals surface area contributed by atoms with Crippen LogP contribution in [0.4, 0.5) is 4.39 Å². The number of ether oxygens (including phenoxy) is 1. The van der Waals surface area contributed by atoms with E-state index in [0.29, 0.717) is 8.95 Å². The van der Waals surface area contributed by atoms with E-state index in [2.05, 4.69) is 41.8 Å². The van der Waals surface area contributed by atoms with E-state index in [0.717, 1.165) is 0 Å². The van der Waals surface area contributed by atoms with Crippen LogP contribution in [0.15, 0.2) is 33.5 Å². The Morgan fingerprint density at radius 2 is 2.00 bits per heavy atom. The molecule has 0 N–H and O–H groups in total. The SMILES string of the molecule is Fc1ccc(Br)cc1Oc1ncnc(Cl)c1Br. The molecule has 0 radical (unpaired) electrons. The average Bonchev–Trinajstić information content (AvgIpc) is 2.30. The molecule has 17 heavy (non-hydrogen) atoms. The van der Waals surface area contributed by atoms with Crippen LogP contribution in [0, 0.1) is 5.82 Å². The Hall–Kier alpha value is -0.720. The van der Waals surface area contributed by atoms with Crippen LogP contribution < -0.4 is 4.74 Å². The van der Waals surface area contributed by atoms with Crippen LogP contribution in [0.1, 0.15) is 0 Å². The lowest BCUT2D eigenvalue weighted by atomic mass is 10.3. The van der Waals surface area contributed by atoms with E-state index < -0.39 is 5.82 Å². The molecule has 0 unspecified atom stereocenters. The average molecular weight is 382 g/mol.